The molecule has 1 fully saturated rings. The molecular formula is C27H22N2O4S. The molecule has 1 saturated heterocycles. The third-order valence-electron chi connectivity index (χ3n) is 5.94. The number of aliphatic hydroxyl groups excluding tert-OH is 1. The number of Topliss-reactive ketones (excluding diaryl/α,β-unsaturated/α-hetero) is 1. The van der Waals surface area contributed by atoms with Crippen LogP contribution in [0, 0.1) is 13.8 Å². The van der Waals surface area contributed by atoms with E-state index in [1.165, 1.54) is 16.2 Å². The Morgan fingerprint density at radius 3 is 2.32 bits per heavy atom. The number of amides is 1. The highest BCUT2D eigenvalue weighted by molar-refractivity contribution is 7.22. The minimum absolute atomic E-state index is 0.0365. The molecule has 0 unspecified atom stereocenters. The Morgan fingerprint density at radius 1 is 0.971 bits per heavy atom. The van der Waals surface area contributed by atoms with Gasteiger partial charge in [-0.3, -0.25) is 14.5 Å². The first-order chi connectivity index (χ1) is 16.4. The van der Waals surface area contributed by atoms with Crippen molar-refractivity contribution in [2.24, 2.45) is 0 Å². The quantitative estimate of drug-likeness (QED) is 0.240. The van der Waals surface area contributed by atoms with Crippen molar-refractivity contribution in [2.45, 2.75) is 19.9 Å². The van der Waals surface area contributed by atoms with Crippen molar-refractivity contribution in [2.75, 3.05) is 12.0 Å². The molecule has 0 radical (unpaired) electrons. The summed E-state index contributed by atoms with van der Waals surface area (Å²) in [4.78, 5) is 32.7. The second-order valence-electron chi connectivity index (χ2n) is 8.28. The Hall–Kier alpha value is -3.97. The summed E-state index contributed by atoms with van der Waals surface area (Å²) in [5, 5.41) is 11.6. The lowest BCUT2D eigenvalue weighted by atomic mass is 9.95. The third-order valence-corrected chi connectivity index (χ3v) is 6.96. The predicted octanol–water partition coefficient (Wildman–Crippen LogP) is 5.55. The molecule has 1 aliphatic heterocycles. The van der Waals surface area contributed by atoms with Crippen LogP contribution < -0.4 is 9.64 Å². The van der Waals surface area contributed by atoms with E-state index in [1.807, 2.05) is 44.2 Å². The van der Waals surface area contributed by atoms with E-state index in [9.17, 15) is 14.7 Å². The molecule has 6 nitrogen and oxygen atoms in total. The van der Waals surface area contributed by atoms with Crippen LogP contribution in [0.5, 0.6) is 5.75 Å². The smallest absolute Gasteiger partial charge is 0.301 e. The number of rotatable bonds is 4. The number of ketones is 1. The Labute approximate surface area is 200 Å². The van der Waals surface area contributed by atoms with E-state index in [2.05, 4.69) is 4.98 Å². The number of hydrogen-bond donors (Lipinski definition) is 1. The van der Waals surface area contributed by atoms with E-state index in [0.29, 0.717) is 22.0 Å². The molecule has 1 atom stereocenters. The largest absolute Gasteiger partial charge is 0.507 e. The highest BCUT2D eigenvalue weighted by Gasteiger charge is 2.48. The summed E-state index contributed by atoms with van der Waals surface area (Å²) in [6.07, 6.45) is 0. The van der Waals surface area contributed by atoms with Gasteiger partial charge in [0.05, 0.1) is 28.9 Å². The first-order valence-corrected chi connectivity index (χ1v) is 11.6. The standard InChI is InChI=1S/C27H22N2O4S/c1-15-4-7-18(8-5-15)24(30)22-23(17-9-11-19(33-3)12-10-17)29(26(32)25(22)31)27-28-20-13-6-16(2)14-21(20)34-27/h4-14,23,30H,1-3H3/b24-22+/t23-/m0/s1. The summed E-state index contributed by atoms with van der Waals surface area (Å²) < 4.78 is 6.19. The number of anilines is 1. The van der Waals surface area contributed by atoms with Crippen molar-refractivity contribution in [1.29, 1.82) is 0 Å². The maximum atomic E-state index is 13.3. The van der Waals surface area contributed by atoms with Crippen molar-refractivity contribution < 1.29 is 19.4 Å². The van der Waals surface area contributed by atoms with Crippen LogP contribution in [0.1, 0.15) is 28.3 Å². The van der Waals surface area contributed by atoms with E-state index in [-0.39, 0.29) is 11.3 Å². The van der Waals surface area contributed by atoms with Crippen molar-refractivity contribution in [3.63, 3.8) is 0 Å². The van der Waals surface area contributed by atoms with Gasteiger partial charge in [-0.2, -0.15) is 0 Å². The molecule has 4 aromatic rings. The van der Waals surface area contributed by atoms with Crippen molar-refractivity contribution in [1.82, 2.24) is 4.98 Å². The summed E-state index contributed by atoms with van der Waals surface area (Å²) in [6.45, 7) is 3.93. The second kappa shape index (κ2) is 8.43. The summed E-state index contributed by atoms with van der Waals surface area (Å²) in [6, 6.07) is 19.3. The number of aromatic nitrogens is 1. The van der Waals surface area contributed by atoms with Gasteiger partial charge in [-0.1, -0.05) is 59.4 Å². The predicted molar refractivity (Wildman–Crippen MR) is 133 cm³/mol. The van der Waals surface area contributed by atoms with Crippen LogP contribution in [-0.2, 0) is 9.59 Å². The van der Waals surface area contributed by atoms with Gasteiger partial charge in [0.1, 0.15) is 11.5 Å². The first-order valence-electron chi connectivity index (χ1n) is 10.8. The lowest BCUT2D eigenvalue weighted by Gasteiger charge is -2.23. The molecule has 1 amide bonds. The van der Waals surface area contributed by atoms with Crippen LogP contribution in [0.25, 0.3) is 16.0 Å². The number of nitrogens with zero attached hydrogens (tertiary/aromatic N) is 2. The fraction of sp³-hybridized carbons (Fsp3) is 0.148. The van der Waals surface area contributed by atoms with E-state index >= 15 is 0 Å². The van der Waals surface area contributed by atoms with Crippen molar-refractivity contribution in [3.8, 4) is 5.75 Å². The molecule has 1 aliphatic rings. The van der Waals surface area contributed by atoms with E-state index in [1.54, 1.807) is 43.5 Å². The van der Waals surface area contributed by atoms with Gasteiger partial charge in [-0.25, -0.2) is 4.98 Å². The number of hydrogen-bond acceptors (Lipinski definition) is 6. The van der Waals surface area contributed by atoms with Crippen LogP contribution in [0.15, 0.2) is 72.3 Å². The number of fused-ring (bicyclic) bond motifs is 1. The van der Waals surface area contributed by atoms with Gasteiger partial charge < -0.3 is 9.84 Å². The van der Waals surface area contributed by atoms with Crippen LogP contribution in [0.3, 0.4) is 0 Å². The molecule has 170 valence electrons. The van der Waals surface area contributed by atoms with Crippen molar-refractivity contribution in [3.05, 3.63) is 94.6 Å². The molecule has 5 rings (SSSR count). The Bertz CT molecular complexity index is 1450. The number of thiazole rings is 1. The minimum atomic E-state index is -0.825. The SMILES string of the molecule is COc1ccc([C@H]2/C(=C(\O)c3ccc(C)cc3)C(=O)C(=O)N2c2nc3ccc(C)cc3s2)cc1. The number of carbonyl (C=O) groups is 2. The molecule has 1 N–H and O–H groups in total. The fourth-order valence-electron chi connectivity index (χ4n) is 4.12. The van der Waals surface area contributed by atoms with Gasteiger partial charge in [0, 0.05) is 5.56 Å². The molecule has 1 aromatic heterocycles. The summed E-state index contributed by atoms with van der Waals surface area (Å²) in [5.74, 6) is -1.02. The molecule has 3 aromatic carbocycles. The zero-order chi connectivity index (χ0) is 24.0. The maximum Gasteiger partial charge on any atom is 0.301 e. The highest BCUT2D eigenvalue weighted by Crippen LogP contribution is 2.44. The van der Waals surface area contributed by atoms with Gasteiger partial charge in [-0.05, 0) is 49.2 Å². The van der Waals surface area contributed by atoms with Crippen molar-refractivity contribution >= 4 is 44.1 Å². The van der Waals surface area contributed by atoms with Gasteiger partial charge in [0.25, 0.3) is 5.78 Å². The topological polar surface area (TPSA) is 79.7 Å². The maximum absolute atomic E-state index is 13.3. The van der Waals surface area contributed by atoms with Crippen LogP contribution in [0.2, 0.25) is 0 Å². The summed E-state index contributed by atoms with van der Waals surface area (Å²) >= 11 is 1.34. The summed E-state index contributed by atoms with van der Waals surface area (Å²) in [5.41, 5.74) is 4.03. The lowest BCUT2D eigenvalue weighted by molar-refractivity contribution is -0.132. The summed E-state index contributed by atoms with van der Waals surface area (Å²) in [7, 11) is 1.57. The zero-order valence-corrected chi connectivity index (χ0v) is 19.7. The first kappa shape index (κ1) is 21.9. The number of aryl methyl sites for hydroxylation is 2. The number of aliphatic hydroxyl groups is 1. The zero-order valence-electron chi connectivity index (χ0n) is 18.9. The number of carbonyl (C=O) groups excluding carboxylic acids is 2. The number of ether oxygens (including phenoxy) is 1. The van der Waals surface area contributed by atoms with E-state index in [0.717, 1.165) is 21.3 Å². The molecule has 2 heterocycles. The van der Waals surface area contributed by atoms with E-state index in [4.69, 9.17) is 4.74 Å². The van der Waals surface area contributed by atoms with Crippen LogP contribution in [0.4, 0.5) is 5.13 Å². The van der Waals surface area contributed by atoms with E-state index < -0.39 is 17.7 Å². The van der Waals surface area contributed by atoms with Crippen LogP contribution in [-0.4, -0.2) is 28.9 Å². The molecule has 0 spiro atoms. The average molecular weight is 471 g/mol. The molecule has 0 aliphatic carbocycles. The average Bonchev–Trinajstić information content (AvgIpc) is 3.37. The van der Waals surface area contributed by atoms with Gasteiger partial charge in [0.15, 0.2) is 5.13 Å². The Morgan fingerprint density at radius 2 is 1.65 bits per heavy atom. The third kappa shape index (κ3) is 3.64. The van der Waals surface area contributed by atoms with Gasteiger partial charge in [0.2, 0.25) is 0 Å². The van der Waals surface area contributed by atoms with Gasteiger partial charge >= 0.3 is 5.91 Å². The normalized spacial score (nSPS) is 17.5. The lowest BCUT2D eigenvalue weighted by Crippen LogP contribution is -2.29. The number of benzene rings is 3. The molecule has 7 heteroatoms. The second-order valence-corrected chi connectivity index (χ2v) is 9.29. The molecular weight excluding hydrogens is 448 g/mol. The molecule has 34 heavy (non-hydrogen) atoms. The highest BCUT2D eigenvalue weighted by atomic mass is 32.1. The number of methoxy groups -OCH3 is 1. The molecule has 0 bridgehead atoms. The fourth-order valence-corrected chi connectivity index (χ4v) is 5.21. The Kier molecular flexibility index (Phi) is 5.42. The Balaban J connectivity index is 1.72. The van der Waals surface area contributed by atoms with Gasteiger partial charge in [-0.15, -0.1) is 0 Å². The van der Waals surface area contributed by atoms with Crippen LogP contribution >= 0.6 is 11.3 Å². The molecule has 0 saturated carbocycles. The minimum Gasteiger partial charge on any atom is -0.507 e. The monoisotopic (exact) mass is 470 g/mol.